The Hall–Kier alpha value is -2.01. The molecule has 0 radical (unpaired) electrons. The molecule has 0 aromatic heterocycles. The van der Waals surface area contributed by atoms with Crippen molar-refractivity contribution in [1.29, 1.82) is 0 Å². The number of nitrogens with zero attached hydrogens (tertiary/aromatic N) is 1. The molecule has 0 bridgehead atoms. The highest BCUT2D eigenvalue weighted by atomic mass is 127. The van der Waals surface area contributed by atoms with Gasteiger partial charge in [0.2, 0.25) is 0 Å². The van der Waals surface area contributed by atoms with E-state index in [2.05, 4.69) is 15.6 Å². The molecule has 0 heterocycles. The van der Waals surface area contributed by atoms with E-state index in [1.165, 1.54) is 6.07 Å². The molecule has 1 atom stereocenters. The van der Waals surface area contributed by atoms with Crippen molar-refractivity contribution in [1.82, 2.24) is 10.6 Å². The summed E-state index contributed by atoms with van der Waals surface area (Å²) in [5.41, 5.74) is 1.39. The zero-order chi connectivity index (χ0) is 21.1. The minimum atomic E-state index is -4.40. The summed E-state index contributed by atoms with van der Waals surface area (Å²) in [7, 11) is 0. The van der Waals surface area contributed by atoms with Gasteiger partial charge in [0.15, 0.2) is 12.6 Å². The fourth-order valence-electron chi connectivity index (χ4n) is 2.61. The summed E-state index contributed by atoms with van der Waals surface area (Å²) >= 11 is 0. The predicted octanol–water partition coefficient (Wildman–Crippen LogP) is 4.42. The van der Waals surface area contributed by atoms with Crippen LogP contribution in [-0.4, -0.2) is 36.9 Å². The lowest BCUT2D eigenvalue weighted by molar-refractivity contribution is -0.153. The molecular formula is C21H27F3IN3O2. The Labute approximate surface area is 191 Å². The van der Waals surface area contributed by atoms with Gasteiger partial charge in [-0.3, -0.25) is 0 Å². The van der Waals surface area contributed by atoms with E-state index in [1.54, 1.807) is 18.2 Å². The summed E-state index contributed by atoms with van der Waals surface area (Å²) < 4.78 is 42.2. The predicted molar refractivity (Wildman–Crippen MR) is 122 cm³/mol. The molecule has 5 nitrogen and oxygen atoms in total. The number of halogens is 4. The molecule has 9 heteroatoms. The lowest BCUT2D eigenvalue weighted by Crippen LogP contribution is -2.38. The molecule has 0 spiro atoms. The number of hydrogen-bond acceptors (Lipinski definition) is 3. The fraction of sp³-hybridized carbons (Fsp3) is 0.381. The molecule has 0 saturated carbocycles. The Bertz CT molecular complexity index is 774. The third-order valence-corrected chi connectivity index (χ3v) is 4.01. The van der Waals surface area contributed by atoms with Crippen LogP contribution in [0, 0.1) is 0 Å². The van der Waals surface area contributed by atoms with E-state index < -0.39 is 18.9 Å². The highest BCUT2D eigenvalue weighted by molar-refractivity contribution is 14.0. The number of aliphatic hydroxyl groups excluding tert-OH is 1. The molecule has 2 aromatic rings. The van der Waals surface area contributed by atoms with Crippen LogP contribution in [0.3, 0.4) is 0 Å². The summed E-state index contributed by atoms with van der Waals surface area (Å²) in [6, 6.07) is 15.9. The lowest BCUT2D eigenvalue weighted by Gasteiger charge is -2.15. The molecule has 166 valence electrons. The summed E-state index contributed by atoms with van der Waals surface area (Å²) in [6.07, 6.45) is -4.50. The number of aliphatic hydroxyl groups is 1. The standard InChI is InChI=1S/C21H26F3N3O2.HI/c1-2-25-20(26-13-12-18(28)16-8-4-3-5-9-16)27-14-17-10-6-7-11-19(17)29-15-21(22,23)24;/h3-11,18,28H,2,12-15H2,1H3,(H2,25,26,27);1H. The van der Waals surface area contributed by atoms with Crippen molar-refractivity contribution in [2.45, 2.75) is 32.2 Å². The maximum absolute atomic E-state index is 12.4. The van der Waals surface area contributed by atoms with Crippen LogP contribution in [0.1, 0.15) is 30.6 Å². The van der Waals surface area contributed by atoms with Gasteiger partial charge in [-0.05, 0) is 25.0 Å². The summed E-state index contributed by atoms with van der Waals surface area (Å²) in [5, 5.41) is 16.4. The Balaban J connectivity index is 0.00000450. The molecule has 0 aliphatic carbocycles. The summed E-state index contributed by atoms with van der Waals surface area (Å²) in [5.74, 6) is 0.669. The van der Waals surface area contributed by atoms with Crippen LogP contribution in [0.5, 0.6) is 5.75 Å². The SMILES string of the molecule is CCNC(=NCc1ccccc1OCC(F)(F)F)NCCC(O)c1ccccc1.I. The highest BCUT2D eigenvalue weighted by Gasteiger charge is 2.28. The molecule has 0 aliphatic rings. The van der Waals surface area contributed by atoms with Gasteiger partial charge in [0.25, 0.3) is 0 Å². The zero-order valence-corrected chi connectivity index (χ0v) is 19.0. The van der Waals surface area contributed by atoms with Crippen molar-refractivity contribution in [3.63, 3.8) is 0 Å². The van der Waals surface area contributed by atoms with Gasteiger partial charge in [0.05, 0.1) is 12.6 Å². The summed E-state index contributed by atoms with van der Waals surface area (Å²) in [4.78, 5) is 4.41. The van der Waals surface area contributed by atoms with E-state index in [4.69, 9.17) is 4.74 Å². The van der Waals surface area contributed by atoms with E-state index in [0.717, 1.165) is 5.56 Å². The number of hydrogen-bond donors (Lipinski definition) is 3. The second-order valence-electron chi connectivity index (χ2n) is 6.35. The van der Waals surface area contributed by atoms with Gasteiger partial charge >= 0.3 is 6.18 Å². The number of nitrogens with one attached hydrogen (secondary N) is 2. The van der Waals surface area contributed by atoms with Crippen molar-refractivity contribution in [2.75, 3.05) is 19.7 Å². The van der Waals surface area contributed by atoms with Crippen LogP contribution in [0.25, 0.3) is 0 Å². The molecule has 2 rings (SSSR count). The minimum Gasteiger partial charge on any atom is -0.484 e. The molecule has 0 amide bonds. The second-order valence-corrected chi connectivity index (χ2v) is 6.35. The van der Waals surface area contributed by atoms with E-state index in [1.807, 2.05) is 37.3 Å². The van der Waals surface area contributed by atoms with Crippen molar-refractivity contribution < 1.29 is 23.0 Å². The van der Waals surface area contributed by atoms with Gasteiger partial charge in [0, 0.05) is 18.7 Å². The third-order valence-electron chi connectivity index (χ3n) is 4.01. The topological polar surface area (TPSA) is 65.9 Å². The number of benzene rings is 2. The van der Waals surface area contributed by atoms with Gasteiger partial charge in [0.1, 0.15) is 5.75 Å². The molecule has 1 unspecified atom stereocenters. The second kappa shape index (κ2) is 13.3. The maximum atomic E-state index is 12.4. The maximum Gasteiger partial charge on any atom is 0.422 e. The lowest BCUT2D eigenvalue weighted by atomic mass is 10.1. The van der Waals surface area contributed by atoms with Crippen molar-refractivity contribution in [2.24, 2.45) is 4.99 Å². The number of ether oxygens (including phenoxy) is 1. The van der Waals surface area contributed by atoms with E-state index >= 15 is 0 Å². The molecule has 2 aromatic carbocycles. The van der Waals surface area contributed by atoms with Crippen molar-refractivity contribution >= 4 is 29.9 Å². The molecule has 0 fully saturated rings. The molecule has 0 aliphatic heterocycles. The van der Waals surface area contributed by atoms with Gasteiger partial charge in [-0.15, -0.1) is 24.0 Å². The van der Waals surface area contributed by atoms with Crippen LogP contribution in [-0.2, 0) is 6.54 Å². The van der Waals surface area contributed by atoms with E-state index in [9.17, 15) is 18.3 Å². The Morgan fingerprint density at radius 3 is 2.40 bits per heavy atom. The van der Waals surface area contributed by atoms with Crippen LogP contribution in [0.2, 0.25) is 0 Å². The molecule has 3 N–H and O–H groups in total. The number of aliphatic imine (C=N–C) groups is 1. The highest BCUT2D eigenvalue weighted by Crippen LogP contribution is 2.22. The fourth-order valence-corrected chi connectivity index (χ4v) is 2.61. The largest absolute Gasteiger partial charge is 0.484 e. The Morgan fingerprint density at radius 2 is 1.73 bits per heavy atom. The minimum absolute atomic E-state index is 0. The first-order chi connectivity index (χ1) is 13.9. The summed E-state index contributed by atoms with van der Waals surface area (Å²) in [6.45, 7) is 1.83. The van der Waals surface area contributed by atoms with Gasteiger partial charge in [-0.1, -0.05) is 48.5 Å². The number of alkyl halides is 3. The monoisotopic (exact) mass is 537 g/mol. The number of rotatable bonds is 9. The van der Waals surface area contributed by atoms with Gasteiger partial charge in [-0.2, -0.15) is 13.2 Å². The molecular weight excluding hydrogens is 510 g/mol. The van der Waals surface area contributed by atoms with Crippen LogP contribution >= 0.6 is 24.0 Å². The first-order valence-electron chi connectivity index (χ1n) is 9.41. The average Bonchev–Trinajstić information content (AvgIpc) is 2.71. The first kappa shape index (κ1) is 26.0. The van der Waals surface area contributed by atoms with Crippen molar-refractivity contribution in [3.8, 4) is 5.75 Å². The van der Waals surface area contributed by atoms with E-state index in [-0.39, 0.29) is 36.3 Å². The Morgan fingerprint density at radius 1 is 1.07 bits per heavy atom. The Kier molecular flexibility index (Phi) is 11.6. The van der Waals surface area contributed by atoms with Crippen molar-refractivity contribution in [3.05, 3.63) is 65.7 Å². The van der Waals surface area contributed by atoms with Crippen LogP contribution in [0.15, 0.2) is 59.6 Å². The average molecular weight is 537 g/mol. The third kappa shape index (κ3) is 9.66. The van der Waals surface area contributed by atoms with Gasteiger partial charge < -0.3 is 20.5 Å². The van der Waals surface area contributed by atoms with Gasteiger partial charge in [-0.25, -0.2) is 4.99 Å². The first-order valence-corrected chi connectivity index (χ1v) is 9.41. The number of guanidine groups is 1. The normalized spacial score (nSPS) is 12.6. The quantitative estimate of drug-likeness (QED) is 0.252. The molecule has 30 heavy (non-hydrogen) atoms. The van der Waals surface area contributed by atoms with E-state index in [0.29, 0.717) is 31.0 Å². The smallest absolute Gasteiger partial charge is 0.422 e. The zero-order valence-electron chi connectivity index (χ0n) is 16.7. The number of para-hydroxylation sites is 1. The molecule has 0 saturated heterocycles. The van der Waals surface area contributed by atoms with Crippen LogP contribution in [0.4, 0.5) is 13.2 Å². The van der Waals surface area contributed by atoms with Crippen LogP contribution < -0.4 is 15.4 Å².